The monoisotopic (exact) mass is 433 g/mol. The lowest BCUT2D eigenvalue weighted by Gasteiger charge is -2.15. The van der Waals surface area contributed by atoms with E-state index >= 15 is 0 Å². The molecule has 1 unspecified atom stereocenters. The van der Waals surface area contributed by atoms with Gasteiger partial charge in [0.15, 0.2) is 5.96 Å². The number of nitrogens with zero attached hydrogens (tertiary/aromatic N) is 1. The van der Waals surface area contributed by atoms with Crippen molar-refractivity contribution in [3.05, 3.63) is 35.4 Å². The van der Waals surface area contributed by atoms with Crippen LogP contribution in [0, 0.1) is 5.92 Å². The summed E-state index contributed by atoms with van der Waals surface area (Å²) in [6.45, 7) is 7.91. The molecule has 0 aliphatic carbocycles. The molecule has 1 aromatic rings. The lowest BCUT2D eigenvalue weighted by atomic mass is 10.0. The molecule has 3 N–H and O–H groups in total. The maximum Gasteiger partial charge on any atom is 0.189 e. The van der Waals surface area contributed by atoms with Crippen molar-refractivity contribution in [1.82, 2.24) is 5.32 Å². The second-order valence-electron chi connectivity index (χ2n) is 6.32. The summed E-state index contributed by atoms with van der Waals surface area (Å²) >= 11 is 0. The van der Waals surface area contributed by atoms with Crippen molar-refractivity contribution in [2.75, 3.05) is 7.11 Å². The molecular formula is C18H32IN3O. The van der Waals surface area contributed by atoms with Crippen LogP contribution >= 0.6 is 24.0 Å². The van der Waals surface area contributed by atoms with Crippen molar-refractivity contribution in [2.24, 2.45) is 16.6 Å². The first kappa shape index (κ1) is 22.2. The molecule has 5 heteroatoms. The van der Waals surface area contributed by atoms with Crippen LogP contribution in [-0.2, 0) is 17.9 Å². The summed E-state index contributed by atoms with van der Waals surface area (Å²) in [5.74, 6) is 1.29. The van der Waals surface area contributed by atoms with Crippen LogP contribution in [0.25, 0.3) is 0 Å². The molecule has 0 aliphatic heterocycles. The molecule has 132 valence electrons. The Bertz CT molecular complexity index is 446. The minimum absolute atomic E-state index is 0. The predicted octanol–water partition coefficient (Wildman–Crippen LogP) is 4.07. The molecule has 0 fully saturated rings. The molecule has 1 rings (SSSR count). The SMILES string of the molecule is COCc1ccc(CN=C(N)NC(C)CCCC(C)C)cc1.I. The molecule has 1 atom stereocenters. The number of benzene rings is 1. The highest BCUT2D eigenvalue weighted by Crippen LogP contribution is 2.08. The van der Waals surface area contributed by atoms with Gasteiger partial charge in [0.25, 0.3) is 0 Å². The summed E-state index contributed by atoms with van der Waals surface area (Å²) in [6, 6.07) is 8.62. The predicted molar refractivity (Wildman–Crippen MR) is 109 cm³/mol. The summed E-state index contributed by atoms with van der Waals surface area (Å²) in [6.07, 6.45) is 3.61. The topological polar surface area (TPSA) is 59.6 Å². The van der Waals surface area contributed by atoms with Gasteiger partial charge in [-0.2, -0.15) is 0 Å². The van der Waals surface area contributed by atoms with Crippen LogP contribution in [0.2, 0.25) is 0 Å². The van der Waals surface area contributed by atoms with Gasteiger partial charge in [0, 0.05) is 13.2 Å². The zero-order valence-electron chi connectivity index (χ0n) is 14.8. The molecule has 0 bridgehead atoms. The van der Waals surface area contributed by atoms with Crippen molar-refractivity contribution in [2.45, 2.75) is 59.2 Å². The molecule has 1 aromatic carbocycles. The van der Waals surface area contributed by atoms with E-state index in [-0.39, 0.29) is 24.0 Å². The molecule has 0 radical (unpaired) electrons. The second-order valence-corrected chi connectivity index (χ2v) is 6.32. The van der Waals surface area contributed by atoms with E-state index in [1.165, 1.54) is 18.4 Å². The number of guanidine groups is 1. The Hall–Kier alpha value is -0.820. The summed E-state index contributed by atoms with van der Waals surface area (Å²) in [7, 11) is 1.70. The van der Waals surface area contributed by atoms with E-state index in [2.05, 4.69) is 55.3 Å². The molecule has 0 spiro atoms. The Labute approximate surface area is 158 Å². The third-order valence-electron chi connectivity index (χ3n) is 3.58. The number of halogens is 1. The number of hydrogen-bond donors (Lipinski definition) is 2. The fraction of sp³-hybridized carbons (Fsp3) is 0.611. The molecule has 0 aliphatic rings. The Kier molecular flexibility index (Phi) is 12.1. The number of aliphatic imine (C=N–C) groups is 1. The number of rotatable bonds is 9. The van der Waals surface area contributed by atoms with E-state index in [0.717, 1.165) is 17.9 Å². The molecule has 0 heterocycles. The highest BCUT2D eigenvalue weighted by atomic mass is 127. The number of nitrogens with two attached hydrogens (primary N) is 1. The van der Waals surface area contributed by atoms with Gasteiger partial charge in [-0.3, -0.25) is 0 Å². The van der Waals surface area contributed by atoms with Crippen molar-refractivity contribution in [1.29, 1.82) is 0 Å². The highest BCUT2D eigenvalue weighted by Gasteiger charge is 2.03. The minimum atomic E-state index is 0. The van der Waals surface area contributed by atoms with Gasteiger partial charge in [0.2, 0.25) is 0 Å². The number of methoxy groups -OCH3 is 1. The number of ether oxygens (including phenoxy) is 1. The molecule has 0 saturated carbocycles. The summed E-state index contributed by atoms with van der Waals surface area (Å²) < 4.78 is 5.10. The van der Waals surface area contributed by atoms with Gasteiger partial charge in [-0.15, -0.1) is 24.0 Å². The Morgan fingerprint density at radius 3 is 2.30 bits per heavy atom. The van der Waals surface area contributed by atoms with E-state index in [1.807, 2.05) is 0 Å². The van der Waals surface area contributed by atoms with Crippen molar-refractivity contribution in [3.8, 4) is 0 Å². The van der Waals surface area contributed by atoms with Gasteiger partial charge in [0.1, 0.15) is 0 Å². The van der Waals surface area contributed by atoms with Gasteiger partial charge in [0.05, 0.1) is 13.2 Å². The van der Waals surface area contributed by atoms with Gasteiger partial charge >= 0.3 is 0 Å². The fourth-order valence-electron chi connectivity index (χ4n) is 2.29. The summed E-state index contributed by atoms with van der Waals surface area (Å²) in [4.78, 5) is 4.41. The van der Waals surface area contributed by atoms with Gasteiger partial charge in [-0.05, 0) is 30.4 Å². The zero-order valence-corrected chi connectivity index (χ0v) is 17.2. The summed E-state index contributed by atoms with van der Waals surface area (Å²) in [5.41, 5.74) is 8.27. The first-order valence-electron chi connectivity index (χ1n) is 8.14. The van der Waals surface area contributed by atoms with E-state index < -0.39 is 0 Å². The fourth-order valence-corrected chi connectivity index (χ4v) is 2.29. The third kappa shape index (κ3) is 10.5. The Morgan fingerprint density at radius 1 is 1.13 bits per heavy atom. The lowest BCUT2D eigenvalue weighted by Crippen LogP contribution is -2.38. The molecule has 0 saturated heterocycles. The molecule has 0 aromatic heterocycles. The van der Waals surface area contributed by atoms with Gasteiger partial charge in [-0.1, -0.05) is 51.0 Å². The average molecular weight is 433 g/mol. The maximum atomic E-state index is 5.95. The Balaban J connectivity index is 0.00000484. The third-order valence-corrected chi connectivity index (χ3v) is 3.58. The minimum Gasteiger partial charge on any atom is -0.380 e. The standard InChI is InChI=1S/C18H31N3O.HI/c1-14(2)6-5-7-15(3)21-18(19)20-12-16-8-10-17(11-9-16)13-22-4;/h8-11,14-15H,5-7,12-13H2,1-4H3,(H3,19,20,21);1H. The van der Waals surface area contributed by atoms with Crippen LogP contribution < -0.4 is 11.1 Å². The van der Waals surface area contributed by atoms with Crippen LogP contribution in [0.3, 0.4) is 0 Å². The average Bonchev–Trinajstić information content (AvgIpc) is 2.46. The van der Waals surface area contributed by atoms with E-state index in [0.29, 0.717) is 25.2 Å². The van der Waals surface area contributed by atoms with Crippen LogP contribution in [0.4, 0.5) is 0 Å². The quantitative estimate of drug-likeness (QED) is 0.351. The highest BCUT2D eigenvalue weighted by molar-refractivity contribution is 14.0. The van der Waals surface area contributed by atoms with Crippen LogP contribution in [-0.4, -0.2) is 19.1 Å². The second kappa shape index (κ2) is 12.6. The molecule has 0 amide bonds. The van der Waals surface area contributed by atoms with E-state index in [4.69, 9.17) is 10.5 Å². The van der Waals surface area contributed by atoms with Crippen molar-refractivity contribution in [3.63, 3.8) is 0 Å². The number of nitrogens with one attached hydrogen (secondary N) is 1. The smallest absolute Gasteiger partial charge is 0.189 e. The summed E-state index contributed by atoms with van der Waals surface area (Å²) in [5, 5.41) is 3.26. The number of hydrogen-bond acceptors (Lipinski definition) is 2. The molecular weight excluding hydrogens is 401 g/mol. The van der Waals surface area contributed by atoms with Crippen LogP contribution in [0.5, 0.6) is 0 Å². The lowest BCUT2D eigenvalue weighted by molar-refractivity contribution is 0.185. The largest absolute Gasteiger partial charge is 0.380 e. The van der Waals surface area contributed by atoms with Crippen molar-refractivity contribution >= 4 is 29.9 Å². The van der Waals surface area contributed by atoms with Crippen LogP contribution in [0.15, 0.2) is 29.3 Å². The van der Waals surface area contributed by atoms with E-state index in [9.17, 15) is 0 Å². The molecule has 23 heavy (non-hydrogen) atoms. The van der Waals surface area contributed by atoms with Crippen molar-refractivity contribution < 1.29 is 4.74 Å². The normalized spacial score (nSPS) is 12.8. The zero-order chi connectivity index (χ0) is 16.4. The Morgan fingerprint density at radius 2 is 1.74 bits per heavy atom. The van der Waals surface area contributed by atoms with E-state index in [1.54, 1.807) is 7.11 Å². The first-order valence-corrected chi connectivity index (χ1v) is 8.14. The first-order chi connectivity index (χ1) is 10.5. The molecule has 4 nitrogen and oxygen atoms in total. The van der Waals surface area contributed by atoms with Crippen LogP contribution in [0.1, 0.15) is 51.2 Å². The van der Waals surface area contributed by atoms with Gasteiger partial charge in [-0.25, -0.2) is 4.99 Å². The maximum absolute atomic E-state index is 5.95. The van der Waals surface area contributed by atoms with Gasteiger partial charge < -0.3 is 15.8 Å².